The first kappa shape index (κ1) is 12.1. The smallest absolute Gasteiger partial charge is 0.150 e. The maximum absolute atomic E-state index is 10.6. The normalized spacial score (nSPS) is 10.0. The second-order valence-electron chi connectivity index (χ2n) is 3.70. The van der Waals surface area contributed by atoms with Crippen molar-refractivity contribution in [2.45, 2.75) is 6.92 Å². The van der Waals surface area contributed by atoms with E-state index in [2.05, 4.69) is 22.6 Å². The third kappa shape index (κ3) is 3.06. The third-order valence-electron chi connectivity index (χ3n) is 2.38. The highest BCUT2D eigenvalue weighted by atomic mass is 127. The Bertz CT molecular complexity index is 532. The number of rotatable bonds is 3. The molecule has 0 heterocycles. The highest BCUT2D eigenvalue weighted by molar-refractivity contribution is 14.1. The van der Waals surface area contributed by atoms with Gasteiger partial charge in [-0.25, -0.2) is 0 Å². The standard InChI is InChI=1S/C14H11IO2/c1-10-8-11(9-16)2-7-14(10)17-13-5-3-12(15)4-6-13/h2-9H,1H3. The first-order valence-corrected chi connectivity index (χ1v) is 6.26. The van der Waals surface area contributed by atoms with Crippen LogP contribution in [0, 0.1) is 10.5 Å². The van der Waals surface area contributed by atoms with E-state index in [0.717, 1.165) is 23.3 Å². The average Bonchev–Trinajstić information content (AvgIpc) is 2.34. The van der Waals surface area contributed by atoms with Crippen LogP contribution < -0.4 is 4.74 Å². The Morgan fingerprint density at radius 3 is 2.41 bits per heavy atom. The number of ether oxygens (including phenoxy) is 1. The van der Waals surface area contributed by atoms with E-state index >= 15 is 0 Å². The number of aldehydes is 1. The topological polar surface area (TPSA) is 26.3 Å². The molecule has 0 fully saturated rings. The van der Waals surface area contributed by atoms with Crippen LogP contribution in [0.2, 0.25) is 0 Å². The Labute approximate surface area is 114 Å². The van der Waals surface area contributed by atoms with E-state index in [1.165, 1.54) is 3.57 Å². The molecule has 2 nitrogen and oxygen atoms in total. The van der Waals surface area contributed by atoms with Gasteiger partial charge in [0.25, 0.3) is 0 Å². The van der Waals surface area contributed by atoms with E-state index in [0.29, 0.717) is 5.56 Å². The average molecular weight is 338 g/mol. The molecule has 2 aromatic rings. The molecule has 0 atom stereocenters. The molecule has 0 radical (unpaired) electrons. The van der Waals surface area contributed by atoms with Gasteiger partial charge < -0.3 is 4.74 Å². The van der Waals surface area contributed by atoms with Gasteiger partial charge in [0.1, 0.15) is 17.8 Å². The number of carbonyl (C=O) groups excluding carboxylic acids is 1. The van der Waals surface area contributed by atoms with Gasteiger partial charge in [-0.05, 0) is 77.5 Å². The number of halogens is 1. The number of aryl methyl sites for hydroxylation is 1. The number of hydrogen-bond acceptors (Lipinski definition) is 2. The van der Waals surface area contributed by atoms with Crippen molar-refractivity contribution in [3.05, 3.63) is 57.2 Å². The fourth-order valence-corrected chi connectivity index (χ4v) is 1.85. The fourth-order valence-electron chi connectivity index (χ4n) is 1.49. The van der Waals surface area contributed by atoms with Crippen molar-refractivity contribution in [2.75, 3.05) is 0 Å². The van der Waals surface area contributed by atoms with E-state index in [4.69, 9.17) is 4.74 Å². The van der Waals surface area contributed by atoms with E-state index in [-0.39, 0.29) is 0 Å². The summed E-state index contributed by atoms with van der Waals surface area (Å²) in [6, 6.07) is 13.2. The molecular formula is C14H11IO2. The molecule has 0 aliphatic rings. The largest absolute Gasteiger partial charge is 0.457 e. The molecule has 0 aliphatic heterocycles. The number of hydrogen-bond donors (Lipinski definition) is 0. The molecule has 17 heavy (non-hydrogen) atoms. The van der Waals surface area contributed by atoms with Gasteiger partial charge in [-0.2, -0.15) is 0 Å². The van der Waals surface area contributed by atoms with Crippen molar-refractivity contribution < 1.29 is 9.53 Å². The van der Waals surface area contributed by atoms with Crippen LogP contribution in [0.1, 0.15) is 15.9 Å². The Balaban J connectivity index is 2.24. The summed E-state index contributed by atoms with van der Waals surface area (Å²) < 4.78 is 6.91. The van der Waals surface area contributed by atoms with Gasteiger partial charge >= 0.3 is 0 Å². The van der Waals surface area contributed by atoms with E-state index < -0.39 is 0 Å². The van der Waals surface area contributed by atoms with E-state index in [1.807, 2.05) is 43.3 Å². The van der Waals surface area contributed by atoms with Crippen molar-refractivity contribution >= 4 is 28.9 Å². The zero-order valence-electron chi connectivity index (χ0n) is 9.31. The lowest BCUT2D eigenvalue weighted by Gasteiger charge is -2.08. The Hall–Kier alpha value is -1.36. The Morgan fingerprint density at radius 2 is 1.82 bits per heavy atom. The van der Waals surface area contributed by atoms with Crippen molar-refractivity contribution in [2.24, 2.45) is 0 Å². The molecule has 0 N–H and O–H groups in total. The summed E-state index contributed by atoms with van der Waals surface area (Å²) in [5.41, 5.74) is 1.62. The minimum absolute atomic E-state index is 0.664. The van der Waals surface area contributed by atoms with Crippen molar-refractivity contribution in [1.29, 1.82) is 0 Å². The SMILES string of the molecule is Cc1cc(C=O)ccc1Oc1ccc(I)cc1. The van der Waals surface area contributed by atoms with Gasteiger partial charge in [-0.15, -0.1) is 0 Å². The molecule has 3 heteroatoms. The van der Waals surface area contributed by atoms with Crippen molar-refractivity contribution in [3.63, 3.8) is 0 Å². The van der Waals surface area contributed by atoms with Crippen LogP contribution in [0.25, 0.3) is 0 Å². The van der Waals surface area contributed by atoms with Gasteiger partial charge in [-0.3, -0.25) is 4.79 Å². The highest BCUT2D eigenvalue weighted by Crippen LogP contribution is 2.25. The molecule has 2 aromatic carbocycles. The van der Waals surface area contributed by atoms with E-state index in [9.17, 15) is 4.79 Å². The van der Waals surface area contributed by atoms with Crippen LogP contribution in [-0.2, 0) is 0 Å². The van der Waals surface area contributed by atoms with Crippen LogP contribution in [-0.4, -0.2) is 6.29 Å². The Kier molecular flexibility index (Phi) is 3.78. The highest BCUT2D eigenvalue weighted by Gasteiger charge is 2.02. The van der Waals surface area contributed by atoms with Crippen molar-refractivity contribution in [3.8, 4) is 11.5 Å². The van der Waals surface area contributed by atoms with Crippen LogP contribution in [0.5, 0.6) is 11.5 Å². The first-order chi connectivity index (χ1) is 8.19. The van der Waals surface area contributed by atoms with Gasteiger partial charge in [0.2, 0.25) is 0 Å². The second kappa shape index (κ2) is 5.31. The summed E-state index contributed by atoms with van der Waals surface area (Å²) >= 11 is 2.25. The van der Waals surface area contributed by atoms with Gasteiger partial charge in [-0.1, -0.05) is 0 Å². The predicted molar refractivity (Wildman–Crippen MR) is 75.8 cm³/mol. The molecule has 0 bridgehead atoms. The Morgan fingerprint density at radius 1 is 1.12 bits per heavy atom. The van der Waals surface area contributed by atoms with Gasteiger partial charge in [0.15, 0.2) is 0 Å². The van der Waals surface area contributed by atoms with Gasteiger partial charge in [0, 0.05) is 9.13 Å². The maximum Gasteiger partial charge on any atom is 0.150 e. The summed E-state index contributed by atoms with van der Waals surface area (Å²) in [4.78, 5) is 10.6. The number of carbonyl (C=O) groups is 1. The second-order valence-corrected chi connectivity index (χ2v) is 4.94. The molecule has 0 saturated carbocycles. The molecule has 0 spiro atoms. The lowest BCUT2D eigenvalue weighted by atomic mass is 10.1. The van der Waals surface area contributed by atoms with Crippen LogP contribution in [0.4, 0.5) is 0 Å². The molecule has 86 valence electrons. The molecule has 2 rings (SSSR count). The first-order valence-electron chi connectivity index (χ1n) is 5.18. The monoisotopic (exact) mass is 338 g/mol. The molecule has 0 unspecified atom stereocenters. The lowest BCUT2D eigenvalue weighted by Crippen LogP contribution is -1.89. The summed E-state index contributed by atoms with van der Waals surface area (Å²) in [7, 11) is 0. The minimum Gasteiger partial charge on any atom is -0.457 e. The summed E-state index contributed by atoms with van der Waals surface area (Å²) in [5.74, 6) is 1.57. The minimum atomic E-state index is 0.664. The number of benzene rings is 2. The van der Waals surface area contributed by atoms with Gasteiger partial charge in [0.05, 0.1) is 0 Å². The predicted octanol–water partition coefficient (Wildman–Crippen LogP) is 4.20. The van der Waals surface area contributed by atoms with Crippen LogP contribution in [0.3, 0.4) is 0 Å². The van der Waals surface area contributed by atoms with Crippen LogP contribution >= 0.6 is 22.6 Å². The fraction of sp³-hybridized carbons (Fsp3) is 0.0714. The van der Waals surface area contributed by atoms with E-state index in [1.54, 1.807) is 6.07 Å². The molecular weight excluding hydrogens is 327 g/mol. The zero-order valence-corrected chi connectivity index (χ0v) is 11.5. The summed E-state index contributed by atoms with van der Waals surface area (Å²) in [6.07, 6.45) is 0.835. The van der Waals surface area contributed by atoms with Crippen molar-refractivity contribution in [1.82, 2.24) is 0 Å². The summed E-state index contributed by atoms with van der Waals surface area (Å²) in [5, 5.41) is 0. The zero-order chi connectivity index (χ0) is 12.3. The summed E-state index contributed by atoms with van der Waals surface area (Å²) in [6.45, 7) is 1.93. The molecule has 0 amide bonds. The maximum atomic E-state index is 10.6. The van der Waals surface area contributed by atoms with Crippen LogP contribution in [0.15, 0.2) is 42.5 Å². The third-order valence-corrected chi connectivity index (χ3v) is 3.10. The molecule has 0 aromatic heterocycles. The molecule has 0 saturated heterocycles. The lowest BCUT2D eigenvalue weighted by molar-refractivity contribution is 0.112. The molecule has 0 aliphatic carbocycles. The quantitative estimate of drug-likeness (QED) is 0.619.